The van der Waals surface area contributed by atoms with Crippen LogP contribution in [0, 0.1) is 7.11 Å². The van der Waals surface area contributed by atoms with Crippen molar-refractivity contribution in [2.45, 2.75) is 6.42 Å². The van der Waals surface area contributed by atoms with E-state index in [1.165, 1.54) is 0 Å². The first-order chi connectivity index (χ1) is 7.79. The van der Waals surface area contributed by atoms with E-state index in [0.717, 1.165) is 5.56 Å². The highest BCUT2D eigenvalue weighted by Crippen LogP contribution is 2.19. The van der Waals surface area contributed by atoms with Gasteiger partial charge < -0.3 is 9.26 Å². The highest BCUT2D eigenvalue weighted by atomic mass is 16.5. The van der Waals surface area contributed by atoms with Gasteiger partial charge in [-0.15, -0.1) is 0 Å². The van der Waals surface area contributed by atoms with Crippen LogP contribution in [-0.4, -0.2) is 11.1 Å². The molecular weight excluding hydrogens is 206 g/mol. The molecule has 1 radical (unpaired) electrons. The number of nitrogens with zero attached hydrogens (tertiary/aromatic N) is 1. The fourth-order valence-corrected chi connectivity index (χ4v) is 1.33. The van der Waals surface area contributed by atoms with Crippen molar-refractivity contribution in [3.05, 3.63) is 49.2 Å². The first-order valence-electron chi connectivity index (χ1n) is 4.75. The van der Waals surface area contributed by atoms with E-state index in [2.05, 4.69) is 17.0 Å². The maximum absolute atomic E-state index is 11.0. The lowest BCUT2D eigenvalue weighted by atomic mass is 10.1. The lowest BCUT2D eigenvalue weighted by Gasteiger charge is -1.92. The normalized spacial score (nSPS) is 10.1. The number of ether oxygens (including phenoxy) is 1. The number of hydrogen-bond acceptors (Lipinski definition) is 4. The number of aromatic nitrogens is 1. The monoisotopic (exact) mass is 216 g/mol. The molecule has 0 saturated carbocycles. The van der Waals surface area contributed by atoms with E-state index in [1.807, 2.05) is 30.3 Å². The van der Waals surface area contributed by atoms with Crippen molar-refractivity contribution in [1.82, 2.24) is 5.16 Å². The third kappa shape index (κ3) is 2.28. The highest BCUT2D eigenvalue weighted by molar-refractivity contribution is 5.72. The number of benzene rings is 1. The third-order valence-electron chi connectivity index (χ3n) is 2.10. The maximum atomic E-state index is 11.0. The van der Waals surface area contributed by atoms with Crippen LogP contribution in [0.25, 0.3) is 11.3 Å². The summed E-state index contributed by atoms with van der Waals surface area (Å²) >= 11 is 0. The first-order valence-corrected chi connectivity index (χ1v) is 4.75. The van der Waals surface area contributed by atoms with Crippen LogP contribution in [0.15, 0.2) is 40.9 Å². The van der Waals surface area contributed by atoms with Crippen LogP contribution in [-0.2, 0) is 16.0 Å². The average molecular weight is 216 g/mol. The van der Waals surface area contributed by atoms with Crippen LogP contribution in [0.3, 0.4) is 0 Å². The summed E-state index contributed by atoms with van der Waals surface area (Å²) in [7, 11) is 3.04. The molecule has 0 N–H and O–H groups in total. The Morgan fingerprint density at radius 3 is 2.81 bits per heavy atom. The third-order valence-corrected chi connectivity index (χ3v) is 2.10. The highest BCUT2D eigenvalue weighted by Gasteiger charge is 2.10. The van der Waals surface area contributed by atoms with E-state index >= 15 is 0 Å². The molecule has 0 fully saturated rings. The molecule has 16 heavy (non-hydrogen) atoms. The Morgan fingerprint density at radius 2 is 2.12 bits per heavy atom. The van der Waals surface area contributed by atoms with Crippen LogP contribution in [0.2, 0.25) is 0 Å². The standard InChI is InChI=1S/C12H10NO3/c1-15-12(14)8-10-7-11(16-13-10)9-5-3-2-4-6-9/h2-7H,1,8H2. The summed E-state index contributed by atoms with van der Waals surface area (Å²) in [6.45, 7) is 0. The molecule has 1 aromatic heterocycles. The van der Waals surface area contributed by atoms with Crippen molar-refractivity contribution < 1.29 is 14.1 Å². The second-order valence-corrected chi connectivity index (χ2v) is 3.24. The Kier molecular flexibility index (Phi) is 3.00. The topological polar surface area (TPSA) is 52.3 Å². The molecule has 0 bridgehead atoms. The van der Waals surface area contributed by atoms with Gasteiger partial charge >= 0.3 is 5.97 Å². The van der Waals surface area contributed by atoms with Gasteiger partial charge in [0.25, 0.3) is 0 Å². The minimum absolute atomic E-state index is 0.0693. The largest absolute Gasteiger partial charge is 0.462 e. The minimum atomic E-state index is -0.437. The van der Waals surface area contributed by atoms with E-state index in [4.69, 9.17) is 4.52 Å². The molecule has 81 valence electrons. The second kappa shape index (κ2) is 4.61. The van der Waals surface area contributed by atoms with Crippen molar-refractivity contribution in [3.63, 3.8) is 0 Å². The second-order valence-electron chi connectivity index (χ2n) is 3.24. The Labute approximate surface area is 92.8 Å². The smallest absolute Gasteiger partial charge is 0.312 e. The van der Waals surface area contributed by atoms with Crippen LogP contribution < -0.4 is 0 Å². The molecule has 0 aliphatic rings. The number of hydrogen-bond donors (Lipinski definition) is 0. The van der Waals surface area contributed by atoms with Crippen LogP contribution >= 0.6 is 0 Å². The van der Waals surface area contributed by atoms with Gasteiger partial charge in [0, 0.05) is 11.6 Å². The minimum Gasteiger partial charge on any atom is -0.462 e. The van der Waals surface area contributed by atoms with Gasteiger partial charge in [-0.2, -0.15) is 0 Å². The fourth-order valence-electron chi connectivity index (χ4n) is 1.33. The number of esters is 1. The molecule has 0 amide bonds. The van der Waals surface area contributed by atoms with Crippen molar-refractivity contribution >= 4 is 5.97 Å². The summed E-state index contributed by atoms with van der Waals surface area (Å²) in [5, 5.41) is 3.78. The lowest BCUT2D eigenvalue weighted by molar-refractivity contribution is -0.137. The van der Waals surface area contributed by atoms with E-state index < -0.39 is 5.97 Å². The van der Waals surface area contributed by atoms with E-state index in [0.29, 0.717) is 11.5 Å². The van der Waals surface area contributed by atoms with Gasteiger partial charge in [0.15, 0.2) is 5.76 Å². The molecule has 2 rings (SSSR count). The molecule has 2 aromatic rings. The van der Waals surface area contributed by atoms with Gasteiger partial charge in [-0.1, -0.05) is 35.5 Å². The van der Waals surface area contributed by atoms with Gasteiger partial charge in [0.2, 0.25) is 0 Å². The predicted octanol–water partition coefficient (Wildman–Crippen LogP) is 2.22. The van der Waals surface area contributed by atoms with Crippen molar-refractivity contribution in [2.24, 2.45) is 0 Å². The molecule has 0 unspecified atom stereocenters. The summed E-state index contributed by atoms with van der Waals surface area (Å²) in [5.41, 5.74) is 1.46. The zero-order valence-electron chi connectivity index (χ0n) is 8.55. The summed E-state index contributed by atoms with van der Waals surface area (Å²) in [5.74, 6) is 0.195. The average Bonchev–Trinajstić information content (AvgIpc) is 2.78. The molecule has 1 heterocycles. The molecule has 0 aliphatic carbocycles. The van der Waals surface area contributed by atoms with Crippen LogP contribution in [0.5, 0.6) is 0 Å². The quantitative estimate of drug-likeness (QED) is 0.738. The number of rotatable bonds is 3. The summed E-state index contributed by atoms with van der Waals surface area (Å²) in [6, 6.07) is 11.3. The number of carbonyl (C=O) groups excluding carboxylic acids is 1. The Bertz CT molecular complexity index is 476. The van der Waals surface area contributed by atoms with Gasteiger partial charge in [-0.3, -0.25) is 4.79 Å². The number of carbonyl (C=O) groups is 1. The Balaban J connectivity index is 2.17. The van der Waals surface area contributed by atoms with E-state index in [1.54, 1.807) is 6.07 Å². The zero-order chi connectivity index (χ0) is 11.4. The molecule has 1 aromatic carbocycles. The van der Waals surface area contributed by atoms with Crippen molar-refractivity contribution in [2.75, 3.05) is 0 Å². The lowest BCUT2D eigenvalue weighted by Crippen LogP contribution is -2.02. The molecule has 4 nitrogen and oxygen atoms in total. The molecule has 0 spiro atoms. The van der Waals surface area contributed by atoms with Gasteiger partial charge in [0.05, 0.1) is 12.1 Å². The summed E-state index contributed by atoms with van der Waals surface area (Å²) in [6.07, 6.45) is 0.0693. The summed E-state index contributed by atoms with van der Waals surface area (Å²) < 4.78 is 9.42. The molecule has 4 heteroatoms. The Hall–Kier alpha value is -2.10. The first kappa shape index (κ1) is 10.4. The maximum Gasteiger partial charge on any atom is 0.312 e. The van der Waals surface area contributed by atoms with Gasteiger partial charge in [-0.25, -0.2) is 0 Å². The fraction of sp³-hybridized carbons (Fsp3) is 0.0833. The SMILES string of the molecule is [CH2]OC(=O)Cc1cc(-c2ccccc2)on1. The molecule has 0 saturated heterocycles. The zero-order valence-corrected chi connectivity index (χ0v) is 8.55. The predicted molar refractivity (Wildman–Crippen MR) is 57.1 cm³/mol. The molecular formula is C12H10NO3. The van der Waals surface area contributed by atoms with Gasteiger partial charge in [-0.05, 0) is 0 Å². The van der Waals surface area contributed by atoms with Crippen molar-refractivity contribution in [3.8, 4) is 11.3 Å². The van der Waals surface area contributed by atoms with E-state index in [-0.39, 0.29) is 6.42 Å². The van der Waals surface area contributed by atoms with Crippen LogP contribution in [0.4, 0.5) is 0 Å². The Morgan fingerprint density at radius 1 is 1.38 bits per heavy atom. The van der Waals surface area contributed by atoms with E-state index in [9.17, 15) is 4.79 Å². The molecule has 0 atom stereocenters. The molecule has 0 aliphatic heterocycles. The van der Waals surface area contributed by atoms with Crippen LogP contribution in [0.1, 0.15) is 5.69 Å². The van der Waals surface area contributed by atoms with Gasteiger partial charge in [0.1, 0.15) is 7.11 Å². The summed E-state index contributed by atoms with van der Waals surface area (Å²) in [4.78, 5) is 11.0. The van der Waals surface area contributed by atoms with Crippen molar-refractivity contribution in [1.29, 1.82) is 0 Å².